The molecule has 10 heteroatoms. The van der Waals surface area contributed by atoms with E-state index in [0.717, 1.165) is 27.5 Å². The van der Waals surface area contributed by atoms with Gasteiger partial charge in [-0.15, -0.1) is 0 Å². The Balaban J connectivity index is 1.51. The lowest BCUT2D eigenvalue weighted by Crippen LogP contribution is -2.26. The van der Waals surface area contributed by atoms with Crippen LogP contribution in [0.4, 0.5) is 5.69 Å². The summed E-state index contributed by atoms with van der Waals surface area (Å²) < 4.78 is 33.7. The first-order valence-electron chi connectivity index (χ1n) is 11.6. The van der Waals surface area contributed by atoms with Crippen molar-refractivity contribution in [3.05, 3.63) is 53.9 Å². The van der Waals surface area contributed by atoms with E-state index in [1.807, 2.05) is 42.7 Å². The summed E-state index contributed by atoms with van der Waals surface area (Å²) in [4.78, 5) is 31.7. The highest BCUT2D eigenvalue weighted by molar-refractivity contribution is 7.89. The largest absolute Gasteiger partial charge is 0.457 e. The van der Waals surface area contributed by atoms with Crippen molar-refractivity contribution in [2.75, 3.05) is 25.5 Å². The van der Waals surface area contributed by atoms with Gasteiger partial charge in [-0.05, 0) is 43.7 Å². The minimum atomic E-state index is -3.59. The molecule has 0 radical (unpaired) electrons. The number of sulfonamides is 1. The number of nitrogens with zero attached hydrogens (tertiary/aromatic N) is 4. The van der Waals surface area contributed by atoms with Crippen LogP contribution in [0.5, 0.6) is 0 Å². The Bertz CT molecular complexity index is 1360. The molecule has 3 aromatic rings. The molecule has 35 heavy (non-hydrogen) atoms. The van der Waals surface area contributed by atoms with E-state index in [9.17, 15) is 18.0 Å². The summed E-state index contributed by atoms with van der Waals surface area (Å²) >= 11 is 0. The number of amides is 1. The summed E-state index contributed by atoms with van der Waals surface area (Å²) in [5.74, 6) is -0.568. The molecule has 2 heterocycles. The van der Waals surface area contributed by atoms with Crippen molar-refractivity contribution < 1.29 is 22.7 Å². The van der Waals surface area contributed by atoms with Gasteiger partial charge in [0, 0.05) is 39.3 Å². The Labute approximate surface area is 205 Å². The number of esters is 1. The minimum Gasteiger partial charge on any atom is -0.457 e. The molecule has 1 aromatic heterocycles. The second-order valence-electron chi connectivity index (χ2n) is 8.97. The first-order valence-corrected chi connectivity index (χ1v) is 13.0. The van der Waals surface area contributed by atoms with E-state index in [1.54, 1.807) is 17.0 Å². The average Bonchev–Trinajstić information content (AvgIpc) is 3.38. The van der Waals surface area contributed by atoms with E-state index in [2.05, 4.69) is 4.98 Å². The van der Waals surface area contributed by atoms with Gasteiger partial charge in [-0.3, -0.25) is 9.59 Å². The topological polar surface area (TPSA) is 102 Å². The lowest BCUT2D eigenvalue weighted by atomic mass is 10.1. The molecule has 1 aliphatic heterocycles. The van der Waals surface area contributed by atoms with E-state index >= 15 is 0 Å². The van der Waals surface area contributed by atoms with Crippen LogP contribution >= 0.6 is 0 Å². The normalized spacial score (nSPS) is 16.4. The van der Waals surface area contributed by atoms with E-state index < -0.39 is 21.9 Å². The number of imidazole rings is 1. The van der Waals surface area contributed by atoms with Crippen molar-refractivity contribution in [1.82, 2.24) is 13.9 Å². The van der Waals surface area contributed by atoms with E-state index in [0.29, 0.717) is 17.9 Å². The van der Waals surface area contributed by atoms with Crippen LogP contribution in [0, 0.1) is 12.8 Å². The standard InChI is InChI=1S/C25H30N4O5S/c1-5-12-28-22-11-10-20(35(32,33)27(3)4)14-21(22)26-23(28)16-34-25(31)18-13-24(30)29(15-18)19-8-6-17(2)7-9-19/h6-11,14,18H,5,12-13,15-16H2,1-4H3. The van der Waals surface area contributed by atoms with Crippen LogP contribution < -0.4 is 4.90 Å². The Hall–Kier alpha value is -3.24. The molecule has 1 saturated heterocycles. The molecule has 0 N–H and O–H groups in total. The van der Waals surface area contributed by atoms with Gasteiger partial charge in [0.25, 0.3) is 0 Å². The third-order valence-corrected chi connectivity index (χ3v) is 7.98. The van der Waals surface area contributed by atoms with E-state index in [-0.39, 0.29) is 30.4 Å². The molecule has 1 fully saturated rings. The molecule has 0 bridgehead atoms. The number of carbonyl (C=O) groups is 2. The van der Waals surface area contributed by atoms with Gasteiger partial charge < -0.3 is 14.2 Å². The van der Waals surface area contributed by atoms with E-state index in [4.69, 9.17) is 4.74 Å². The summed E-state index contributed by atoms with van der Waals surface area (Å²) in [7, 11) is -0.635. The van der Waals surface area contributed by atoms with Crippen LogP contribution in [0.25, 0.3) is 11.0 Å². The summed E-state index contributed by atoms with van der Waals surface area (Å²) in [6.07, 6.45) is 0.927. The maximum atomic E-state index is 12.8. The highest BCUT2D eigenvalue weighted by Gasteiger charge is 2.36. The second-order valence-corrected chi connectivity index (χ2v) is 11.1. The molecular weight excluding hydrogens is 468 g/mol. The van der Waals surface area contributed by atoms with Crippen molar-refractivity contribution in [1.29, 1.82) is 0 Å². The number of aromatic nitrogens is 2. The van der Waals surface area contributed by atoms with Crippen molar-refractivity contribution in [2.24, 2.45) is 5.92 Å². The molecule has 4 rings (SSSR count). The van der Waals surface area contributed by atoms with Crippen LogP contribution in [0.15, 0.2) is 47.4 Å². The Morgan fingerprint density at radius 3 is 2.54 bits per heavy atom. The summed E-state index contributed by atoms with van der Waals surface area (Å²) in [6.45, 7) is 4.86. The zero-order valence-electron chi connectivity index (χ0n) is 20.4. The number of carbonyl (C=O) groups excluding carboxylic acids is 2. The molecule has 0 spiro atoms. The Morgan fingerprint density at radius 1 is 1.17 bits per heavy atom. The van der Waals surface area contributed by atoms with Gasteiger partial charge in [0.1, 0.15) is 12.4 Å². The predicted octanol–water partition coefficient (Wildman–Crippen LogP) is 3.10. The maximum absolute atomic E-state index is 12.8. The van der Waals surface area contributed by atoms with Crippen molar-refractivity contribution in [3.8, 4) is 0 Å². The fraction of sp³-hybridized carbons (Fsp3) is 0.400. The quantitative estimate of drug-likeness (QED) is 0.442. The highest BCUT2D eigenvalue weighted by Crippen LogP contribution is 2.27. The van der Waals surface area contributed by atoms with Crippen LogP contribution in [0.2, 0.25) is 0 Å². The second kappa shape index (κ2) is 9.79. The number of rotatable bonds is 8. The third kappa shape index (κ3) is 4.94. The molecule has 0 saturated carbocycles. The molecule has 1 aliphatic rings. The summed E-state index contributed by atoms with van der Waals surface area (Å²) in [5.41, 5.74) is 3.16. The lowest BCUT2D eigenvalue weighted by Gasteiger charge is -2.16. The van der Waals surface area contributed by atoms with Crippen molar-refractivity contribution >= 4 is 38.6 Å². The van der Waals surface area contributed by atoms with Crippen LogP contribution in [-0.4, -0.2) is 54.8 Å². The van der Waals surface area contributed by atoms with Gasteiger partial charge in [0.15, 0.2) is 0 Å². The van der Waals surface area contributed by atoms with Gasteiger partial charge in [0.05, 0.1) is 21.8 Å². The van der Waals surface area contributed by atoms with Gasteiger partial charge in [-0.2, -0.15) is 0 Å². The number of fused-ring (bicyclic) bond motifs is 1. The molecule has 0 aliphatic carbocycles. The summed E-state index contributed by atoms with van der Waals surface area (Å²) in [5, 5.41) is 0. The van der Waals surface area contributed by atoms with E-state index in [1.165, 1.54) is 20.2 Å². The van der Waals surface area contributed by atoms with Crippen molar-refractivity contribution in [3.63, 3.8) is 0 Å². The monoisotopic (exact) mass is 498 g/mol. The van der Waals surface area contributed by atoms with Crippen LogP contribution in [0.3, 0.4) is 0 Å². The number of aryl methyl sites for hydroxylation is 2. The minimum absolute atomic E-state index is 0.0570. The van der Waals surface area contributed by atoms with Crippen LogP contribution in [-0.2, 0) is 37.5 Å². The maximum Gasteiger partial charge on any atom is 0.311 e. The fourth-order valence-electron chi connectivity index (χ4n) is 4.21. The van der Waals surface area contributed by atoms with Gasteiger partial charge in [0.2, 0.25) is 15.9 Å². The average molecular weight is 499 g/mol. The molecule has 9 nitrogen and oxygen atoms in total. The van der Waals surface area contributed by atoms with Gasteiger partial charge in [-0.1, -0.05) is 24.6 Å². The molecule has 1 atom stereocenters. The third-order valence-electron chi connectivity index (χ3n) is 6.17. The lowest BCUT2D eigenvalue weighted by molar-refractivity contribution is -0.150. The number of hydrogen-bond donors (Lipinski definition) is 0. The summed E-state index contributed by atoms with van der Waals surface area (Å²) in [6, 6.07) is 12.4. The van der Waals surface area contributed by atoms with Crippen LogP contribution in [0.1, 0.15) is 31.2 Å². The molecule has 2 aromatic carbocycles. The zero-order valence-corrected chi connectivity index (χ0v) is 21.2. The van der Waals surface area contributed by atoms with Crippen molar-refractivity contribution in [2.45, 2.75) is 44.7 Å². The molecular formula is C25H30N4O5S. The molecule has 1 amide bonds. The smallest absolute Gasteiger partial charge is 0.311 e. The first kappa shape index (κ1) is 24.9. The van der Waals surface area contributed by atoms with Gasteiger partial charge in [-0.25, -0.2) is 17.7 Å². The first-order chi connectivity index (χ1) is 16.6. The predicted molar refractivity (Wildman–Crippen MR) is 132 cm³/mol. The SMILES string of the molecule is CCCn1c(COC(=O)C2CC(=O)N(c3ccc(C)cc3)C2)nc2cc(S(=O)(=O)N(C)C)ccc21. The number of ether oxygens (including phenoxy) is 1. The fourth-order valence-corrected chi connectivity index (χ4v) is 5.13. The Morgan fingerprint density at radius 2 is 1.89 bits per heavy atom. The molecule has 186 valence electrons. The highest BCUT2D eigenvalue weighted by atomic mass is 32.2. The molecule has 1 unspecified atom stereocenters. The van der Waals surface area contributed by atoms with Gasteiger partial charge >= 0.3 is 5.97 Å². The Kier molecular flexibility index (Phi) is 6.95. The number of anilines is 1. The zero-order chi connectivity index (χ0) is 25.3. The number of benzene rings is 2. The number of hydrogen-bond acceptors (Lipinski definition) is 6.